The lowest BCUT2D eigenvalue weighted by Crippen LogP contribution is -2.39. The molecule has 0 spiro atoms. The van der Waals surface area contributed by atoms with Crippen LogP contribution >= 0.6 is 22.6 Å². The predicted molar refractivity (Wildman–Crippen MR) is 83.5 cm³/mol. The summed E-state index contributed by atoms with van der Waals surface area (Å²) >= 11 is 2.03. The average Bonchev–Trinajstić information content (AvgIpc) is 2.40. The molecule has 0 fully saturated rings. The third-order valence-electron chi connectivity index (χ3n) is 3.19. The lowest BCUT2D eigenvalue weighted by molar-refractivity contribution is 0.586. The van der Waals surface area contributed by atoms with Gasteiger partial charge < -0.3 is 0 Å². The summed E-state index contributed by atoms with van der Waals surface area (Å²) in [5.41, 5.74) is 0.252. The molecule has 1 aromatic heterocycles. The Labute approximate surface area is 129 Å². The molecule has 0 unspecified atom stereocenters. The van der Waals surface area contributed by atoms with Crippen LogP contribution in [0.5, 0.6) is 0 Å². The monoisotopic (exact) mass is 388 g/mol. The predicted octanol–water partition coefficient (Wildman–Crippen LogP) is 1.90. The molecule has 0 atom stereocenters. The third-order valence-corrected chi connectivity index (χ3v) is 3.86. The molecule has 0 saturated heterocycles. The molecular weight excluding hydrogens is 374 g/mol. The van der Waals surface area contributed by atoms with E-state index in [1.165, 1.54) is 23.7 Å². The van der Waals surface area contributed by atoms with Crippen molar-refractivity contribution in [3.8, 4) is 0 Å². The smallest absolute Gasteiger partial charge is 0.297 e. The minimum atomic E-state index is -0.374. The first-order valence-corrected chi connectivity index (χ1v) is 7.25. The van der Waals surface area contributed by atoms with E-state index in [1.807, 2.05) is 29.5 Å². The molecule has 2 rings (SSSR count). The van der Waals surface area contributed by atoms with E-state index >= 15 is 0 Å². The van der Waals surface area contributed by atoms with Gasteiger partial charge in [0, 0.05) is 35.3 Å². The highest BCUT2D eigenvalue weighted by atomic mass is 127. The largest absolute Gasteiger partial charge is 0.330 e. The summed E-state index contributed by atoms with van der Waals surface area (Å²) in [7, 11) is 1.44. The first kappa shape index (κ1) is 15.0. The highest BCUT2D eigenvalue weighted by molar-refractivity contribution is 14.1. The summed E-state index contributed by atoms with van der Waals surface area (Å²) in [5.74, 6) is -0.326. The second kappa shape index (κ2) is 5.90. The van der Waals surface area contributed by atoms with Crippen LogP contribution in [0.2, 0.25) is 0 Å². The number of hydrogen-bond acceptors (Lipinski definition) is 2. The molecule has 0 bridgehead atoms. The van der Waals surface area contributed by atoms with Gasteiger partial charge in [-0.25, -0.2) is 9.18 Å². The molecule has 20 heavy (non-hydrogen) atoms. The molecule has 1 aromatic carbocycles. The van der Waals surface area contributed by atoms with Gasteiger partial charge in [-0.15, -0.1) is 0 Å². The topological polar surface area (TPSA) is 44.0 Å². The maximum atomic E-state index is 13.9. The summed E-state index contributed by atoms with van der Waals surface area (Å²) in [4.78, 5) is 23.7. The normalized spacial score (nSPS) is 10.8. The van der Waals surface area contributed by atoms with Gasteiger partial charge in [-0.2, -0.15) is 0 Å². The standard InChI is InChI=1S/C14H14FIN2O2/c1-3-18-11(8-13(19)17(2)14(18)20)6-9-4-5-10(16)7-12(9)15/h4-5,7-8H,3,6H2,1-2H3. The van der Waals surface area contributed by atoms with Crippen LogP contribution in [0.15, 0.2) is 33.9 Å². The number of halogens is 2. The van der Waals surface area contributed by atoms with Crippen molar-refractivity contribution in [1.29, 1.82) is 0 Å². The zero-order valence-electron chi connectivity index (χ0n) is 11.2. The van der Waals surface area contributed by atoms with E-state index in [1.54, 1.807) is 12.1 Å². The van der Waals surface area contributed by atoms with Gasteiger partial charge in [0.15, 0.2) is 0 Å². The number of hydrogen-bond donors (Lipinski definition) is 0. The van der Waals surface area contributed by atoms with Gasteiger partial charge in [0.1, 0.15) is 5.82 Å². The SMILES string of the molecule is CCn1c(Cc2ccc(I)cc2F)cc(=O)n(C)c1=O. The van der Waals surface area contributed by atoms with Crippen molar-refractivity contribution >= 4 is 22.6 Å². The van der Waals surface area contributed by atoms with Crippen LogP contribution in [0.4, 0.5) is 4.39 Å². The molecule has 0 aliphatic carbocycles. The van der Waals surface area contributed by atoms with Crippen molar-refractivity contribution in [2.45, 2.75) is 19.9 Å². The fraction of sp³-hybridized carbons (Fsp3) is 0.286. The Balaban J connectivity index is 2.54. The van der Waals surface area contributed by atoms with Gasteiger partial charge in [-0.1, -0.05) is 6.07 Å². The van der Waals surface area contributed by atoms with Crippen LogP contribution in [0.1, 0.15) is 18.2 Å². The minimum absolute atomic E-state index is 0.224. The van der Waals surface area contributed by atoms with Crippen molar-refractivity contribution in [3.05, 3.63) is 65.7 Å². The molecular formula is C14H14FIN2O2. The second-order valence-corrected chi connectivity index (χ2v) is 5.72. The highest BCUT2D eigenvalue weighted by Gasteiger charge is 2.11. The first-order chi connectivity index (χ1) is 9.43. The first-order valence-electron chi connectivity index (χ1n) is 6.17. The van der Waals surface area contributed by atoms with E-state index in [0.29, 0.717) is 17.8 Å². The number of rotatable bonds is 3. The van der Waals surface area contributed by atoms with Crippen LogP contribution < -0.4 is 11.2 Å². The zero-order valence-corrected chi connectivity index (χ0v) is 13.3. The van der Waals surface area contributed by atoms with E-state index < -0.39 is 0 Å². The quantitative estimate of drug-likeness (QED) is 0.755. The van der Waals surface area contributed by atoms with Crippen LogP contribution in [-0.2, 0) is 20.0 Å². The summed E-state index contributed by atoms with van der Waals surface area (Å²) < 4.78 is 17.2. The van der Waals surface area contributed by atoms with Crippen molar-refractivity contribution in [1.82, 2.24) is 9.13 Å². The van der Waals surface area contributed by atoms with Crippen LogP contribution in [-0.4, -0.2) is 9.13 Å². The maximum absolute atomic E-state index is 13.9. The molecule has 0 amide bonds. The Hall–Kier alpha value is -1.44. The van der Waals surface area contributed by atoms with E-state index in [4.69, 9.17) is 0 Å². The maximum Gasteiger partial charge on any atom is 0.330 e. The van der Waals surface area contributed by atoms with Gasteiger partial charge in [-0.3, -0.25) is 13.9 Å². The summed E-state index contributed by atoms with van der Waals surface area (Å²) in [6, 6.07) is 6.31. The summed E-state index contributed by atoms with van der Waals surface area (Å²) in [6.07, 6.45) is 0.224. The van der Waals surface area contributed by atoms with Crippen molar-refractivity contribution in [3.63, 3.8) is 0 Å². The van der Waals surface area contributed by atoms with E-state index in [2.05, 4.69) is 0 Å². The molecule has 0 radical (unpaired) electrons. The van der Waals surface area contributed by atoms with E-state index in [-0.39, 0.29) is 23.5 Å². The van der Waals surface area contributed by atoms with Gasteiger partial charge in [0.05, 0.1) is 0 Å². The fourth-order valence-corrected chi connectivity index (χ4v) is 2.51. The van der Waals surface area contributed by atoms with Crippen LogP contribution in [0.3, 0.4) is 0 Å². The van der Waals surface area contributed by atoms with Crippen molar-refractivity contribution in [2.75, 3.05) is 0 Å². The number of benzene rings is 1. The molecule has 0 N–H and O–H groups in total. The lowest BCUT2D eigenvalue weighted by Gasteiger charge is -2.12. The van der Waals surface area contributed by atoms with Crippen LogP contribution in [0.25, 0.3) is 0 Å². The zero-order chi connectivity index (χ0) is 14.9. The average molecular weight is 388 g/mol. The molecule has 6 heteroatoms. The summed E-state index contributed by atoms with van der Waals surface area (Å²) in [6.45, 7) is 2.26. The lowest BCUT2D eigenvalue weighted by atomic mass is 10.1. The molecule has 0 aliphatic rings. The molecule has 2 aromatic rings. The Morgan fingerprint density at radius 3 is 2.55 bits per heavy atom. The second-order valence-electron chi connectivity index (χ2n) is 4.47. The number of aromatic nitrogens is 2. The molecule has 0 aliphatic heterocycles. The van der Waals surface area contributed by atoms with Gasteiger partial charge in [-0.05, 0) is 47.2 Å². The highest BCUT2D eigenvalue weighted by Crippen LogP contribution is 2.15. The fourth-order valence-electron chi connectivity index (χ4n) is 2.06. The Bertz CT molecular complexity index is 765. The van der Waals surface area contributed by atoms with Gasteiger partial charge in [0.2, 0.25) is 0 Å². The van der Waals surface area contributed by atoms with Crippen LogP contribution in [0, 0.1) is 9.39 Å². The van der Waals surface area contributed by atoms with E-state index in [9.17, 15) is 14.0 Å². The van der Waals surface area contributed by atoms with Crippen molar-refractivity contribution in [2.24, 2.45) is 7.05 Å². The summed E-state index contributed by atoms with van der Waals surface area (Å²) in [5, 5.41) is 0. The molecule has 106 valence electrons. The Morgan fingerprint density at radius 2 is 1.95 bits per heavy atom. The van der Waals surface area contributed by atoms with Gasteiger partial charge in [0.25, 0.3) is 5.56 Å². The molecule has 1 heterocycles. The Kier molecular flexibility index (Phi) is 4.42. The number of nitrogens with zero attached hydrogens (tertiary/aromatic N) is 2. The van der Waals surface area contributed by atoms with E-state index in [0.717, 1.165) is 8.14 Å². The Morgan fingerprint density at radius 1 is 1.25 bits per heavy atom. The third kappa shape index (κ3) is 2.84. The van der Waals surface area contributed by atoms with Crippen molar-refractivity contribution < 1.29 is 4.39 Å². The molecule has 4 nitrogen and oxygen atoms in total. The minimum Gasteiger partial charge on any atom is -0.297 e. The van der Waals surface area contributed by atoms with Gasteiger partial charge >= 0.3 is 5.69 Å². The molecule has 0 saturated carbocycles.